The van der Waals surface area contributed by atoms with E-state index >= 15 is 0 Å². The Morgan fingerprint density at radius 3 is 1.89 bits per heavy atom. The number of hydrogen-bond acceptors (Lipinski definition) is 7. The van der Waals surface area contributed by atoms with E-state index in [0.717, 1.165) is 5.75 Å². The van der Waals surface area contributed by atoms with Gasteiger partial charge in [0, 0.05) is 11.0 Å². The molecule has 146 valence electrons. The standard InChI is InChI=1S/C18H20O6S3/c1-13(2)27(21,22)24-16-5-3-14(4-6-16)23-15-7-9-18(10-8-15)26(19,20)12-17-11-25-17/h3-10,13,17H,11-12H2,1-2H3/t17-/m1/s1. The fourth-order valence-electron chi connectivity index (χ4n) is 2.15. The van der Waals surface area contributed by atoms with Crippen molar-refractivity contribution in [2.45, 2.75) is 29.2 Å². The van der Waals surface area contributed by atoms with Gasteiger partial charge in [0.25, 0.3) is 0 Å². The predicted octanol–water partition coefficient (Wildman–Crippen LogP) is 3.49. The van der Waals surface area contributed by atoms with E-state index in [2.05, 4.69) is 0 Å². The molecule has 1 atom stereocenters. The second-order valence-corrected chi connectivity index (χ2v) is 11.9. The molecule has 0 saturated carbocycles. The molecule has 1 saturated heterocycles. The van der Waals surface area contributed by atoms with Crippen molar-refractivity contribution in [1.29, 1.82) is 0 Å². The third kappa shape index (κ3) is 5.40. The number of rotatable bonds is 8. The van der Waals surface area contributed by atoms with E-state index < -0.39 is 25.2 Å². The minimum absolute atomic E-state index is 0.165. The first kappa shape index (κ1) is 20.0. The lowest BCUT2D eigenvalue weighted by atomic mass is 10.3. The van der Waals surface area contributed by atoms with Crippen LogP contribution < -0.4 is 8.92 Å². The first-order valence-corrected chi connectivity index (χ1v) is 12.5. The van der Waals surface area contributed by atoms with Gasteiger partial charge in [-0.15, -0.1) is 0 Å². The fourth-order valence-corrected chi connectivity index (χ4v) is 5.40. The Kier molecular flexibility index (Phi) is 5.73. The van der Waals surface area contributed by atoms with Crippen LogP contribution >= 0.6 is 11.8 Å². The van der Waals surface area contributed by atoms with Crippen molar-refractivity contribution in [3.8, 4) is 17.2 Å². The molecule has 0 amide bonds. The summed E-state index contributed by atoms with van der Waals surface area (Å²) >= 11 is 1.65. The number of sulfone groups is 1. The van der Waals surface area contributed by atoms with E-state index in [1.807, 2.05) is 0 Å². The van der Waals surface area contributed by atoms with Crippen molar-refractivity contribution in [3.05, 3.63) is 48.5 Å². The Hall–Kier alpha value is -1.71. The molecule has 27 heavy (non-hydrogen) atoms. The van der Waals surface area contributed by atoms with Gasteiger partial charge in [-0.25, -0.2) is 8.42 Å². The maximum Gasteiger partial charge on any atom is 0.311 e. The van der Waals surface area contributed by atoms with Crippen molar-refractivity contribution in [2.24, 2.45) is 0 Å². The minimum atomic E-state index is -3.65. The summed E-state index contributed by atoms with van der Waals surface area (Å²) in [5, 5.41) is -0.423. The number of benzene rings is 2. The van der Waals surface area contributed by atoms with Gasteiger partial charge < -0.3 is 8.92 Å². The van der Waals surface area contributed by atoms with Gasteiger partial charge in [0.1, 0.15) is 17.2 Å². The van der Waals surface area contributed by atoms with Crippen LogP contribution in [0.5, 0.6) is 17.2 Å². The Morgan fingerprint density at radius 2 is 1.41 bits per heavy atom. The molecule has 0 aromatic heterocycles. The molecule has 9 heteroatoms. The molecule has 1 fully saturated rings. The molecule has 0 spiro atoms. The minimum Gasteiger partial charge on any atom is -0.457 e. The Balaban J connectivity index is 1.65. The Bertz CT molecular complexity index is 990. The van der Waals surface area contributed by atoms with Crippen LogP contribution in [-0.2, 0) is 20.0 Å². The van der Waals surface area contributed by atoms with Crippen LogP contribution in [0, 0.1) is 0 Å². The molecular formula is C18H20O6S3. The van der Waals surface area contributed by atoms with E-state index in [1.54, 1.807) is 49.9 Å². The highest BCUT2D eigenvalue weighted by atomic mass is 32.2. The molecule has 2 aromatic carbocycles. The summed E-state index contributed by atoms with van der Waals surface area (Å²) in [5.74, 6) is 2.24. The van der Waals surface area contributed by atoms with E-state index in [1.165, 1.54) is 24.3 Å². The molecule has 1 aliphatic rings. The predicted molar refractivity (Wildman–Crippen MR) is 106 cm³/mol. The number of hydrogen-bond donors (Lipinski definition) is 0. The Labute approximate surface area is 163 Å². The van der Waals surface area contributed by atoms with Crippen molar-refractivity contribution < 1.29 is 25.8 Å². The summed E-state index contributed by atoms with van der Waals surface area (Å²) in [6.45, 7) is 3.08. The third-order valence-electron chi connectivity index (χ3n) is 3.84. The van der Waals surface area contributed by atoms with Crippen molar-refractivity contribution in [2.75, 3.05) is 11.5 Å². The second kappa shape index (κ2) is 7.73. The molecule has 3 rings (SSSR count). The van der Waals surface area contributed by atoms with E-state index in [9.17, 15) is 16.8 Å². The molecule has 0 bridgehead atoms. The van der Waals surface area contributed by atoms with E-state index in [-0.39, 0.29) is 21.6 Å². The normalized spacial score (nSPS) is 16.9. The zero-order valence-electron chi connectivity index (χ0n) is 14.9. The van der Waals surface area contributed by atoms with Gasteiger partial charge in [0.2, 0.25) is 0 Å². The van der Waals surface area contributed by atoms with Gasteiger partial charge in [-0.3, -0.25) is 0 Å². The molecule has 0 N–H and O–H groups in total. The maximum atomic E-state index is 12.2. The lowest BCUT2D eigenvalue weighted by Gasteiger charge is -2.11. The van der Waals surface area contributed by atoms with Crippen LogP contribution in [0.4, 0.5) is 0 Å². The maximum absolute atomic E-state index is 12.2. The zero-order valence-corrected chi connectivity index (χ0v) is 17.3. The average Bonchev–Trinajstić information content (AvgIpc) is 3.40. The van der Waals surface area contributed by atoms with Crippen LogP contribution in [0.15, 0.2) is 53.4 Å². The van der Waals surface area contributed by atoms with Crippen LogP contribution in [0.1, 0.15) is 13.8 Å². The topological polar surface area (TPSA) is 86.7 Å². The summed E-state index contributed by atoms with van der Waals surface area (Å²) in [4.78, 5) is 0.282. The van der Waals surface area contributed by atoms with E-state index in [4.69, 9.17) is 8.92 Å². The second-order valence-electron chi connectivity index (χ2n) is 6.41. The molecular weight excluding hydrogens is 408 g/mol. The number of ether oxygens (including phenoxy) is 1. The molecule has 0 aliphatic carbocycles. The zero-order chi connectivity index (χ0) is 19.7. The van der Waals surface area contributed by atoms with Gasteiger partial charge in [-0.05, 0) is 62.4 Å². The van der Waals surface area contributed by atoms with Crippen molar-refractivity contribution in [3.63, 3.8) is 0 Å². The molecule has 0 unspecified atom stereocenters. The lowest BCUT2D eigenvalue weighted by molar-refractivity contribution is 0.469. The summed E-state index contributed by atoms with van der Waals surface area (Å²) in [6, 6.07) is 12.4. The first-order chi connectivity index (χ1) is 12.7. The van der Waals surface area contributed by atoms with Gasteiger partial charge in [-0.2, -0.15) is 20.2 Å². The van der Waals surface area contributed by atoms with Crippen LogP contribution in [0.2, 0.25) is 0 Å². The summed E-state index contributed by atoms with van der Waals surface area (Å²) in [7, 11) is -6.91. The smallest absolute Gasteiger partial charge is 0.311 e. The summed E-state index contributed by atoms with van der Waals surface area (Å²) in [5.41, 5.74) is 0. The third-order valence-corrected chi connectivity index (χ3v) is 8.43. The van der Waals surface area contributed by atoms with Crippen LogP contribution in [0.3, 0.4) is 0 Å². The lowest BCUT2D eigenvalue weighted by Crippen LogP contribution is -2.19. The van der Waals surface area contributed by atoms with Crippen molar-refractivity contribution >= 4 is 31.7 Å². The molecule has 0 radical (unpaired) electrons. The first-order valence-electron chi connectivity index (χ1n) is 8.31. The van der Waals surface area contributed by atoms with Crippen LogP contribution in [0.25, 0.3) is 0 Å². The largest absolute Gasteiger partial charge is 0.457 e. The molecule has 1 heterocycles. The quantitative estimate of drug-likeness (QED) is 0.470. The molecule has 1 aliphatic heterocycles. The average molecular weight is 429 g/mol. The highest BCUT2D eigenvalue weighted by Crippen LogP contribution is 2.33. The SMILES string of the molecule is CC(C)S(=O)(=O)Oc1ccc(Oc2ccc(S(=O)(=O)C[C@H]3CS3)cc2)cc1. The van der Waals surface area contributed by atoms with E-state index in [0.29, 0.717) is 11.5 Å². The van der Waals surface area contributed by atoms with Crippen LogP contribution in [-0.4, -0.2) is 38.8 Å². The monoisotopic (exact) mass is 428 g/mol. The van der Waals surface area contributed by atoms with Gasteiger partial charge in [0.05, 0.1) is 15.9 Å². The highest BCUT2D eigenvalue weighted by molar-refractivity contribution is 8.08. The Morgan fingerprint density at radius 1 is 0.926 bits per heavy atom. The molecule has 6 nitrogen and oxygen atoms in total. The van der Waals surface area contributed by atoms with Gasteiger partial charge >= 0.3 is 10.1 Å². The van der Waals surface area contributed by atoms with Gasteiger partial charge in [0.15, 0.2) is 9.84 Å². The molecule has 2 aromatic rings. The highest BCUT2D eigenvalue weighted by Gasteiger charge is 2.29. The van der Waals surface area contributed by atoms with Crippen molar-refractivity contribution in [1.82, 2.24) is 0 Å². The fraction of sp³-hybridized carbons (Fsp3) is 0.333. The van der Waals surface area contributed by atoms with Gasteiger partial charge in [-0.1, -0.05) is 0 Å². The number of thioether (sulfide) groups is 1. The summed E-state index contributed by atoms with van der Waals surface area (Å²) < 4.78 is 58.7. The summed E-state index contributed by atoms with van der Waals surface area (Å²) in [6.07, 6.45) is 0.